The second kappa shape index (κ2) is 9.57. The fraction of sp³-hybridized carbons (Fsp3) is 0.350. The lowest BCUT2D eigenvalue weighted by Crippen LogP contribution is -2.39. The molecule has 7 nitrogen and oxygen atoms in total. The molecule has 1 amide bonds. The molecule has 2 aromatic rings. The number of methoxy groups -OCH3 is 1. The van der Waals surface area contributed by atoms with Crippen molar-refractivity contribution in [3.05, 3.63) is 54.1 Å². The third-order valence-corrected chi connectivity index (χ3v) is 6.01. The van der Waals surface area contributed by atoms with E-state index in [1.54, 1.807) is 25.3 Å². The molecule has 0 saturated heterocycles. The lowest BCUT2D eigenvalue weighted by molar-refractivity contribution is -0.121. The first kappa shape index (κ1) is 21.7. The van der Waals surface area contributed by atoms with Gasteiger partial charge in [-0.1, -0.05) is 18.2 Å². The molecule has 2 rings (SSSR count). The molecule has 0 spiro atoms. The molecule has 0 aliphatic heterocycles. The minimum absolute atomic E-state index is 0.101. The largest absolute Gasteiger partial charge is 0.496 e. The summed E-state index contributed by atoms with van der Waals surface area (Å²) in [6, 6.07) is 13.1. The van der Waals surface area contributed by atoms with Crippen LogP contribution in [0.25, 0.3) is 0 Å². The SMILES string of the molecule is CCOc1ccc(S(=O)(=O)N(C)CC(=O)NC(C)c2ccccc2OC)cc1. The minimum Gasteiger partial charge on any atom is -0.496 e. The van der Waals surface area contributed by atoms with Crippen LogP contribution in [-0.2, 0) is 14.8 Å². The van der Waals surface area contributed by atoms with Gasteiger partial charge in [0.05, 0.1) is 31.2 Å². The van der Waals surface area contributed by atoms with E-state index in [1.165, 1.54) is 19.2 Å². The molecule has 0 aliphatic carbocycles. The molecule has 8 heteroatoms. The first-order chi connectivity index (χ1) is 13.3. The summed E-state index contributed by atoms with van der Waals surface area (Å²) in [7, 11) is -0.853. The zero-order valence-corrected chi connectivity index (χ0v) is 17.3. The number of benzene rings is 2. The smallest absolute Gasteiger partial charge is 0.243 e. The predicted octanol–water partition coefficient (Wildman–Crippen LogP) is 2.59. The van der Waals surface area contributed by atoms with E-state index in [1.807, 2.05) is 32.0 Å². The summed E-state index contributed by atoms with van der Waals surface area (Å²) in [4.78, 5) is 12.5. The molecule has 0 heterocycles. The molecule has 0 saturated carbocycles. The van der Waals surface area contributed by atoms with Gasteiger partial charge < -0.3 is 14.8 Å². The van der Waals surface area contributed by atoms with Crippen LogP contribution in [0.5, 0.6) is 11.5 Å². The Bertz CT molecular complexity index is 897. The molecule has 1 N–H and O–H groups in total. The number of amides is 1. The fourth-order valence-corrected chi connectivity index (χ4v) is 3.86. The number of nitrogens with one attached hydrogen (secondary N) is 1. The van der Waals surface area contributed by atoms with Gasteiger partial charge in [-0.3, -0.25) is 4.79 Å². The number of carbonyl (C=O) groups is 1. The van der Waals surface area contributed by atoms with E-state index >= 15 is 0 Å². The van der Waals surface area contributed by atoms with Gasteiger partial charge >= 0.3 is 0 Å². The number of hydrogen-bond acceptors (Lipinski definition) is 5. The maximum atomic E-state index is 12.7. The van der Waals surface area contributed by atoms with Crippen LogP contribution in [0.3, 0.4) is 0 Å². The van der Waals surface area contributed by atoms with Crippen molar-refractivity contribution >= 4 is 15.9 Å². The van der Waals surface area contributed by atoms with E-state index in [-0.39, 0.29) is 17.5 Å². The number of ether oxygens (including phenoxy) is 2. The second-order valence-corrected chi connectivity index (χ2v) is 8.24. The average molecular weight is 407 g/mol. The van der Waals surface area contributed by atoms with Crippen molar-refractivity contribution in [2.45, 2.75) is 24.8 Å². The van der Waals surface area contributed by atoms with Crippen molar-refractivity contribution < 1.29 is 22.7 Å². The average Bonchev–Trinajstić information content (AvgIpc) is 2.68. The van der Waals surface area contributed by atoms with Crippen LogP contribution >= 0.6 is 0 Å². The van der Waals surface area contributed by atoms with Crippen LogP contribution < -0.4 is 14.8 Å². The van der Waals surface area contributed by atoms with Gasteiger partial charge in [-0.05, 0) is 44.2 Å². The molecule has 152 valence electrons. The van der Waals surface area contributed by atoms with Crippen LogP contribution in [-0.4, -0.2) is 45.9 Å². The van der Waals surface area contributed by atoms with Crippen LogP contribution in [0.2, 0.25) is 0 Å². The summed E-state index contributed by atoms with van der Waals surface area (Å²) in [6.07, 6.45) is 0. The summed E-state index contributed by atoms with van der Waals surface area (Å²) >= 11 is 0. The Morgan fingerprint density at radius 1 is 1.14 bits per heavy atom. The number of hydrogen-bond donors (Lipinski definition) is 1. The minimum atomic E-state index is -3.79. The van der Waals surface area contributed by atoms with Crippen molar-refractivity contribution in [1.82, 2.24) is 9.62 Å². The summed E-state index contributed by atoms with van der Waals surface area (Å²) in [5, 5.41) is 2.81. The highest BCUT2D eigenvalue weighted by atomic mass is 32.2. The van der Waals surface area contributed by atoms with Crippen molar-refractivity contribution in [2.24, 2.45) is 0 Å². The monoisotopic (exact) mass is 406 g/mol. The summed E-state index contributed by atoms with van der Waals surface area (Å²) < 4.78 is 37.0. The molecule has 0 fully saturated rings. The first-order valence-electron chi connectivity index (χ1n) is 8.91. The van der Waals surface area contributed by atoms with Gasteiger partial charge in [-0.25, -0.2) is 8.42 Å². The maximum absolute atomic E-state index is 12.7. The topological polar surface area (TPSA) is 84.9 Å². The van der Waals surface area contributed by atoms with Gasteiger partial charge in [0.2, 0.25) is 15.9 Å². The zero-order valence-electron chi connectivity index (χ0n) is 16.5. The third kappa shape index (κ3) is 5.24. The fourth-order valence-electron chi connectivity index (χ4n) is 2.73. The Morgan fingerprint density at radius 2 is 1.79 bits per heavy atom. The Hall–Kier alpha value is -2.58. The highest BCUT2D eigenvalue weighted by Gasteiger charge is 2.24. The molecule has 0 aromatic heterocycles. The highest BCUT2D eigenvalue weighted by molar-refractivity contribution is 7.89. The van der Waals surface area contributed by atoms with E-state index < -0.39 is 15.9 Å². The van der Waals surface area contributed by atoms with Gasteiger partial charge in [-0.2, -0.15) is 4.31 Å². The Kier molecular flexibility index (Phi) is 7.42. The van der Waals surface area contributed by atoms with Crippen molar-refractivity contribution in [3.8, 4) is 11.5 Å². The number of para-hydroxylation sites is 1. The van der Waals surface area contributed by atoms with Crippen LogP contribution in [0, 0.1) is 0 Å². The number of likely N-dealkylation sites (N-methyl/N-ethyl adjacent to an activating group) is 1. The van der Waals surface area contributed by atoms with Crippen LogP contribution in [0.1, 0.15) is 25.5 Å². The van der Waals surface area contributed by atoms with Gasteiger partial charge in [0.25, 0.3) is 0 Å². The molecule has 1 atom stereocenters. The number of carbonyl (C=O) groups excluding carboxylic acids is 1. The van der Waals surface area contributed by atoms with Gasteiger partial charge in [0.1, 0.15) is 11.5 Å². The molecule has 0 bridgehead atoms. The quantitative estimate of drug-likeness (QED) is 0.692. The Labute approximate surface area is 166 Å². The number of sulfonamides is 1. The zero-order chi connectivity index (χ0) is 20.7. The normalized spacial score (nSPS) is 12.5. The molecular weight excluding hydrogens is 380 g/mol. The molecule has 0 radical (unpaired) electrons. The maximum Gasteiger partial charge on any atom is 0.243 e. The third-order valence-electron chi connectivity index (χ3n) is 4.19. The molecule has 2 aromatic carbocycles. The summed E-state index contributed by atoms with van der Waals surface area (Å²) in [6.45, 7) is 3.87. The lowest BCUT2D eigenvalue weighted by Gasteiger charge is -2.20. The van der Waals surface area contributed by atoms with Gasteiger partial charge in [0.15, 0.2) is 0 Å². The first-order valence-corrected chi connectivity index (χ1v) is 10.3. The van der Waals surface area contributed by atoms with Crippen molar-refractivity contribution in [3.63, 3.8) is 0 Å². The van der Waals surface area contributed by atoms with E-state index in [9.17, 15) is 13.2 Å². The molecule has 1 unspecified atom stereocenters. The van der Waals surface area contributed by atoms with Crippen molar-refractivity contribution in [2.75, 3.05) is 27.3 Å². The van der Waals surface area contributed by atoms with E-state index in [2.05, 4.69) is 5.32 Å². The van der Waals surface area contributed by atoms with Crippen LogP contribution in [0.4, 0.5) is 0 Å². The number of nitrogens with zero attached hydrogens (tertiary/aromatic N) is 1. The summed E-state index contributed by atoms with van der Waals surface area (Å²) in [5.41, 5.74) is 0.815. The lowest BCUT2D eigenvalue weighted by atomic mass is 10.1. The van der Waals surface area contributed by atoms with E-state index in [0.29, 0.717) is 18.1 Å². The van der Waals surface area contributed by atoms with E-state index in [4.69, 9.17) is 9.47 Å². The Morgan fingerprint density at radius 3 is 2.39 bits per heavy atom. The molecule has 28 heavy (non-hydrogen) atoms. The van der Waals surface area contributed by atoms with Gasteiger partial charge in [-0.15, -0.1) is 0 Å². The summed E-state index contributed by atoms with van der Waals surface area (Å²) in [5.74, 6) is 0.841. The van der Waals surface area contributed by atoms with Gasteiger partial charge in [0, 0.05) is 12.6 Å². The second-order valence-electron chi connectivity index (χ2n) is 6.20. The molecule has 0 aliphatic rings. The van der Waals surface area contributed by atoms with E-state index in [0.717, 1.165) is 9.87 Å². The molecular formula is C20H26N2O5S. The van der Waals surface area contributed by atoms with Crippen molar-refractivity contribution in [1.29, 1.82) is 0 Å². The van der Waals surface area contributed by atoms with Crippen LogP contribution in [0.15, 0.2) is 53.4 Å². The Balaban J connectivity index is 2.04. The predicted molar refractivity (Wildman–Crippen MR) is 107 cm³/mol. The number of rotatable bonds is 9. The highest BCUT2D eigenvalue weighted by Crippen LogP contribution is 2.24. The standard InChI is InChI=1S/C20H26N2O5S/c1-5-27-16-10-12-17(13-11-16)28(24,25)22(3)14-20(23)21-15(2)18-8-6-7-9-19(18)26-4/h6-13,15H,5,14H2,1-4H3,(H,21,23).